The van der Waals surface area contributed by atoms with Gasteiger partial charge in [-0.1, -0.05) is 6.92 Å². The van der Waals surface area contributed by atoms with Crippen molar-refractivity contribution in [3.05, 3.63) is 0 Å². The third kappa shape index (κ3) is 8.88. The Morgan fingerprint density at radius 2 is 1.52 bits per heavy atom. The van der Waals surface area contributed by atoms with Crippen molar-refractivity contribution in [2.24, 2.45) is 0 Å². The van der Waals surface area contributed by atoms with Gasteiger partial charge >= 0.3 is 6.09 Å². The topological polar surface area (TPSA) is 96.5 Å². The van der Waals surface area contributed by atoms with Gasteiger partial charge in [-0.2, -0.15) is 0 Å². The molecule has 0 aliphatic rings. The molecular weight excluding hydrogens is 274 g/mol. The lowest BCUT2D eigenvalue weighted by Crippen LogP contribution is -2.52. The number of carbonyl (C=O) groups is 3. The van der Waals surface area contributed by atoms with E-state index in [9.17, 15) is 14.4 Å². The van der Waals surface area contributed by atoms with Crippen molar-refractivity contribution in [2.45, 2.75) is 65.6 Å². The lowest BCUT2D eigenvalue weighted by molar-refractivity contribution is -0.129. The number of alkyl carbamates (subject to hydrolysis) is 1. The zero-order chi connectivity index (χ0) is 16.6. The number of hydrogen-bond acceptors (Lipinski definition) is 4. The first kappa shape index (κ1) is 19.2. The van der Waals surface area contributed by atoms with Crippen LogP contribution in [-0.4, -0.2) is 42.1 Å². The molecule has 0 heterocycles. The molecule has 3 N–H and O–H groups in total. The largest absolute Gasteiger partial charge is 0.444 e. The Morgan fingerprint density at radius 3 is 2.00 bits per heavy atom. The van der Waals surface area contributed by atoms with Crippen LogP contribution in [0.1, 0.15) is 48.0 Å². The van der Waals surface area contributed by atoms with E-state index in [1.165, 1.54) is 6.92 Å². The number of nitrogens with one attached hydrogen (secondary N) is 3. The molecule has 0 aliphatic carbocycles. The fraction of sp³-hybridized carbons (Fsp3) is 0.786. The molecule has 0 spiro atoms. The third-order valence-corrected chi connectivity index (χ3v) is 2.43. The minimum Gasteiger partial charge on any atom is -0.444 e. The molecule has 0 unspecified atom stereocenters. The van der Waals surface area contributed by atoms with Crippen LogP contribution in [0.15, 0.2) is 0 Å². The van der Waals surface area contributed by atoms with Crippen LogP contribution in [0.2, 0.25) is 0 Å². The number of amides is 3. The highest BCUT2D eigenvalue weighted by Crippen LogP contribution is 2.06. The molecule has 7 nitrogen and oxygen atoms in total. The summed E-state index contributed by atoms with van der Waals surface area (Å²) in [6.07, 6.45) is 0.150. The van der Waals surface area contributed by atoms with Crippen LogP contribution in [0.5, 0.6) is 0 Å². The van der Waals surface area contributed by atoms with Crippen molar-refractivity contribution in [1.29, 1.82) is 0 Å². The zero-order valence-corrected chi connectivity index (χ0v) is 13.7. The van der Waals surface area contributed by atoms with Crippen LogP contribution in [0.4, 0.5) is 4.79 Å². The molecule has 0 aliphatic heterocycles. The Balaban J connectivity index is 4.27. The van der Waals surface area contributed by atoms with Gasteiger partial charge in [0.15, 0.2) is 0 Å². The summed E-state index contributed by atoms with van der Waals surface area (Å²) in [6, 6.07) is -1.45. The van der Waals surface area contributed by atoms with E-state index in [0.29, 0.717) is 6.54 Å². The highest BCUT2D eigenvalue weighted by Gasteiger charge is 2.23. The smallest absolute Gasteiger partial charge is 0.408 e. The molecule has 0 radical (unpaired) electrons. The summed E-state index contributed by atoms with van der Waals surface area (Å²) in [5.41, 5.74) is -0.631. The molecule has 0 fully saturated rings. The summed E-state index contributed by atoms with van der Waals surface area (Å²) < 4.78 is 5.05. The summed E-state index contributed by atoms with van der Waals surface area (Å²) in [5, 5.41) is 7.64. The van der Waals surface area contributed by atoms with Gasteiger partial charge in [-0.3, -0.25) is 9.59 Å². The van der Waals surface area contributed by atoms with Crippen LogP contribution in [0.25, 0.3) is 0 Å². The Bertz CT molecular complexity index is 377. The fourth-order valence-corrected chi connectivity index (χ4v) is 1.36. The van der Waals surface area contributed by atoms with Crippen LogP contribution in [0.3, 0.4) is 0 Å². The minimum atomic E-state index is -0.790. The predicted molar refractivity (Wildman–Crippen MR) is 79.7 cm³/mol. The number of rotatable bonds is 6. The van der Waals surface area contributed by atoms with E-state index in [0.717, 1.165) is 6.42 Å². The van der Waals surface area contributed by atoms with Crippen molar-refractivity contribution in [3.8, 4) is 0 Å². The lowest BCUT2D eigenvalue weighted by atomic mass is 10.2. The Kier molecular flexibility index (Phi) is 7.76. The van der Waals surface area contributed by atoms with E-state index < -0.39 is 29.7 Å². The first-order valence-corrected chi connectivity index (χ1v) is 7.14. The van der Waals surface area contributed by atoms with Gasteiger partial charge < -0.3 is 20.7 Å². The summed E-state index contributed by atoms with van der Waals surface area (Å²) in [5.74, 6) is -0.699. The van der Waals surface area contributed by atoms with Crippen LogP contribution < -0.4 is 16.0 Å². The predicted octanol–water partition coefficient (Wildman–Crippen LogP) is 0.930. The van der Waals surface area contributed by atoms with E-state index in [1.54, 1.807) is 27.7 Å². The highest BCUT2D eigenvalue weighted by molar-refractivity contribution is 5.90. The van der Waals surface area contributed by atoms with Gasteiger partial charge in [0, 0.05) is 6.54 Å². The van der Waals surface area contributed by atoms with Gasteiger partial charge in [0.2, 0.25) is 11.8 Å². The second kappa shape index (κ2) is 8.49. The maximum atomic E-state index is 11.9. The van der Waals surface area contributed by atoms with Gasteiger partial charge in [-0.25, -0.2) is 4.79 Å². The van der Waals surface area contributed by atoms with Crippen LogP contribution in [0, 0.1) is 0 Å². The molecule has 0 rings (SSSR count). The van der Waals surface area contributed by atoms with Crippen molar-refractivity contribution in [3.63, 3.8) is 0 Å². The summed E-state index contributed by atoms with van der Waals surface area (Å²) in [4.78, 5) is 35.0. The maximum Gasteiger partial charge on any atom is 0.408 e. The molecule has 3 amide bonds. The first-order chi connectivity index (χ1) is 9.56. The van der Waals surface area contributed by atoms with Gasteiger partial charge in [-0.15, -0.1) is 0 Å². The fourth-order valence-electron chi connectivity index (χ4n) is 1.36. The molecule has 122 valence electrons. The quantitative estimate of drug-likeness (QED) is 0.680. The van der Waals surface area contributed by atoms with Crippen molar-refractivity contribution in [2.75, 3.05) is 6.54 Å². The van der Waals surface area contributed by atoms with Crippen LogP contribution in [-0.2, 0) is 14.3 Å². The average molecular weight is 301 g/mol. The lowest BCUT2D eigenvalue weighted by Gasteiger charge is -2.22. The van der Waals surface area contributed by atoms with Gasteiger partial charge in [0.1, 0.15) is 17.7 Å². The standard InChI is InChI=1S/C14H27N3O4/c1-7-8-15-11(18)9(2)16-12(19)10(3)17-13(20)21-14(4,5)6/h9-10H,7-8H2,1-6H3,(H,15,18)(H,16,19)(H,17,20)/t9-,10-/m0/s1. The van der Waals surface area contributed by atoms with Crippen LogP contribution >= 0.6 is 0 Å². The molecule has 0 aromatic rings. The van der Waals surface area contributed by atoms with E-state index in [4.69, 9.17) is 4.74 Å². The summed E-state index contributed by atoms with van der Waals surface area (Å²) in [7, 11) is 0. The second-order valence-electron chi connectivity index (χ2n) is 5.89. The van der Waals surface area contributed by atoms with Crippen molar-refractivity contribution < 1.29 is 19.1 Å². The molecule has 0 aromatic carbocycles. The van der Waals surface area contributed by atoms with E-state index in [-0.39, 0.29) is 5.91 Å². The summed E-state index contributed by atoms with van der Waals surface area (Å²) >= 11 is 0. The Labute approximate surface area is 126 Å². The third-order valence-electron chi connectivity index (χ3n) is 2.43. The highest BCUT2D eigenvalue weighted by atomic mass is 16.6. The average Bonchev–Trinajstić information content (AvgIpc) is 2.32. The van der Waals surface area contributed by atoms with Crippen molar-refractivity contribution >= 4 is 17.9 Å². The molecular formula is C14H27N3O4. The van der Waals surface area contributed by atoms with E-state index in [1.807, 2.05) is 6.92 Å². The van der Waals surface area contributed by atoms with E-state index in [2.05, 4.69) is 16.0 Å². The molecule has 0 bridgehead atoms. The van der Waals surface area contributed by atoms with E-state index >= 15 is 0 Å². The molecule has 0 saturated carbocycles. The molecule has 21 heavy (non-hydrogen) atoms. The molecule has 2 atom stereocenters. The maximum absolute atomic E-state index is 11.9. The van der Waals surface area contributed by atoms with Gasteiger partial charge in [0.25, 0.3) is 0 Å². The monoisotopic (exact) mass is 301 g/mol. The zero-order valence-electron chi connectivity index (χ0n) is 13.7. The minimum absolute atomic E-state index is 0.255. The Hall–Kier alpha value is -1.79. The number of carbonyl (C=O) groups excluding carboxylic acids is 3. The number of ether oxygens (including phenoxy) is 1. The Morgan fingerprint density at radius 1 is 1.00 bits per heavy atom. The number of hydrogen-bond donors (Lipinski definition) is 3. The molecule has 0 aromatic heterocycles. The van der Waals surface area contributed by atoms with Gasteiger partial charge in [-0.05, 0) is 41.0 Å². The summed E-state index contributed by atoms with van der Waals surface area (Å²) in [6.45, 7) is 10.8. The first-order valence-electron chi connectivity index (χ1n) is 7.14. The van der Waals surface area contributed by atoms with Crippen molar-refractivity contribution in [1.82, 2.24) is 16.0 Å². The second-order valence-corrected chi connectivity index (χ2v) is 5.89. The normalized spacial score (nSPS) is 13.8. The van der Waals surface area contributed by atoms with Gasteiger partial charge in [0.05, 0.1) is 0 Å². The molecule has 7 heteroatoms. The molecule has 0 saturated heterocycles. The SMILES string of the molecule is CCCNC(=O)[C@H](C)NC(=O)[C@H](C)NC(=O)OC(C)(C)C.